The van der Waals surface area contributed by atoms with Gasteiger partial charge < -0.3 is 14.8 Å². The smallest absolute Gasteiger partial charge is 0.341 e. The van der Waals surface area contributed by atoms with Gasteiger partial charge in [0.25, 0.3) is 6.43 Å². The van der Waals surface area contributed by atoms with Crippen LogP contribution in [0.1, 0.15) is 23.0 Å². The summed E-state index contributed by atoms with van der Waals surface area (Å²) in [5.74, 6) is -0.425. The van der Waals surface area contributed by atoms with Crippen LogP contribution in [0.4, 0.5) is 8.78 Å². The van der Waals surface area contributed by atoms with Crippen molar-refractivity contribution in [3.8, 4) is 0 Å². The van der Waals surface area contributed by atoms with Gasteiger partial charge in [-0.25, -0.2) is 13.6 Å². The summed E-state index contributed by atoms with van der Waals surface area (Å²) < 4.78 is 34.9. The maximum atomic E-state index is 11.8. The third kappa shape index (κ3) is 5.22. The number of ether oxygens (including phenoxy) is 2. The third-order valence-corrected chi connectivity index (χ3v) is 2.52. The van der Waals surface area contributed by atoms with Gasteiger partial charge in [-0.05, 0) is 6.92 Å². The maximum Gasteiger partial charge on any atom is 0.341 e. The molecule has 0 radical (unpaired) electrons. The molecule has 0 amide bonds. The number of nitrogens with one attached hydrogen (secondary N) is 1. The highest BCUT2D eigenvalue weighted by Crippen LogP contribution is 2.09. The van der Waals surface area contributed by atoms with Gasteiger partial charge in [-0.3, -0.25) is 4.68 Å². The maximum absolute atomic E-state index is 11.8. The summed E-state index contributed by atoms with van der Waals surface area (Å²) in [6.45, 7) is 2.41. The number of carbonyl (C=O) groups excluding carboxylic acids is 1. The zero-order valence-electron chi connectivity index (χ0n) is 11.6. The molecular formula is C12H19F2N3O3. The van der Waals surface area contributed by atoms with Crippen molar-refractivity contribution in [3.63, 3.8) is 0 Å². The number of esters is 1. The number of aryl methyl sites for hydroxylation is 1. The van der Waals surface area contributed by atoms with Gasteiger partial charge in [0.05, 0.1) is 25.1 Å². The number of nitrogens with zero attached hydrogens (tertiary/aromatic N) is 2. The summed E-state index contributed by atoms with van der Waals surface area (Å²) in [6.07, 6.45) is -1.01. The van der Waals surface area contributed by atoms with Crippen molar-refractivity contribution in [3.05, 3.63) is 17.5 Å². The Bertz CT molecular complexity index is 424. The average Bonchev–Trinajstić information content (AvgIpc) is 2.75. The van der Waals surface area contributed by atoms with E-state index in [-0.39, 0.29) is 6.61 Å². The van der Waals surface area contributed by atoms with Crippen LogP contribution in [-0.4, -0.2) is 48.5 Å². The van der Waals surface area contributed by atoms with E-state index in [1.54, 1.807) is 18.7 Å². The second kappa shape index (κ2) is 8.60. The van der Waals surface area contributed by atoms with Crippen molar-refractivity contribution >= 4 is 5.97 Å². The molecule has 1 rings (SSSR count). The summed E-state index contributed by atoms with van der Waals surface area (Å²) in [5.41, 5.74) is 1.08. The third-order valence-electron chi connectivity index (χ3n) is 2.52. The first-order chi connectivity index (χ1) is 9.56. The Balaban J connectivity index is 2.39. The van der Waals surface area contributed by atoms with Crippen molar-refractivity contribution in [1.82, 2.24) is 15.1 Å². The lowest BCUT2D eigenvalue weighted by Crippen LogP contribution is -2.23. The van der Waals surface area contributed by atoms with Crippen molar-refractivity contribution < 1.29 is 23.0 Å². The second-order valence-corrected chi connectivity index (χ2v) is 3.99. The molecule has 0 spiro atoms. The number of halogens is 2. The predicted molar refractivity (Wildman–Crippen MR) is 67.7 cm³/mol. The van der Waals surface area contributed by atoms with E-state index in [0.717, 1.165) is 0 Å². The van der Waals surface area contributed by atoms with Crippen molar-refractivity contribution in [2.24, 2.45) is 7.05 Å². The first-order valence-corrected chi connectivity index (χ1v) is 6.30. The Morgan fingerprint density at radius 2 is 2.30 bits per heavy atom. The zero-order chi connectivity index (χ0) is 15.0. The molecule has 0 aliphatic carbocycles. The van der Waals surface area contributed by atoms with E-state index in [1.165, 1.54) is 6.20 Å². The lowest BCUT2D eigenvalue weighted by molar-refractivity contribution is 0.0186. The van der Waals surface area contributed by atoms with Gasteiger partial charge in [0.2, 0.25) is 0 Å². The van der Waals surface area contributed by atoms with E-state index in [0.29, 0.717) is 31.0 Å². The van der Waals surface area contributed by atoms with Crippen molar-refractivity contribution in [1.29, 1.82) is 0 Å². The van der Waals surface area contributed by atoms with Gasteiger partial charge in [0.1, 0.15) is 12.2 Å². The molecular weight excluding hydrogens is 272 g/mol. The highest BCUT2D eigenvalue weighted by Gasteiger charge is 2.16. The highest BCUT2D eigenvalue weighted by molar-refractivity contribution is 5.90. The Morgan fingerprint density at radius 3 is 2.95 bits per heavy atom. The van der Waals surface area contributed by atoms with E-state index in [2.05, 4.69) is 10.4 Å². The van der Waals surface area contributed by atoms with Crippen LogP contribution in [0.2, 0.25) is 0 Å². The summed E-state index contributed by atoms with van der Waals surface area (Å²) in [4.78, 5) is 11.7. The molecule has 114 valence electrons. The van der Waals surface area contributed by atoms with Gasteiger partial charge in [0, 0.05) is 20.1 Å². The number of hydrogen-bond acceptors (Lipinski definition) is 5. The van der Waals surface area contributed by atoms with Crippen LogP contribution in [0.3, 0.4) is 0 Å². The predicted octanol–water partition coefficient (Wildman–Crippen LogP) is 0.968. The normalized spacial score (nSPS) is 11.1. The molecule has 1 aromatic rings. The van der Waals surface area contributed by atoms with E-state index >= 15 is 0 Å². The fraction of sp³-hybridized carbons (Fsp3) is 0.667. The largest absolute Gasteiger partial charge is 0.462 e. The van der Waals surface area contributed by atoms with Crippen LogP contribution in [0.15, 0.2) is 6.20 Å². The molecule has 8 heteroatoms. The summed E-state index contributed by atoms with van der Waals surface area (Å²) in [5, 5.41) is 7.00. The van der Waals surface area contributed by atoms with E-state index in [9.17, 15) is 13.6 Å². The molecule has 0 aromatic carbocycles. The molecule has 6 nitrogen and oxygen atoms in total. The first kappa shape index (κ1) is 16.5. The lowest BCUT2D eigenvalue weighted by atomic mass is 10.2. The summed E-state index contributed by atoms with van der Waals surface area (Å²) in [6, 6.07) is 0. The Morgan fingerprint density at radius 1 is 1.55 bits per heavy atom. The van der Waals surface area contributed by atoms with E-state index in [1.807, 2.05) is 0 Å². The minimum Gasteiger partial charge on any atom is -0.462 e. The molecule has 1 N–H and O–H groups in total. The minimum atomic E-state index is -2.46. The van der Waals surface area contributed by atoms with Crippen LogP contribution in [0.5, 0.6) is 0 Å². The van der Waals surface area contributed by atoms with Crippen LogP contribution in [-0.2, 0) is 23.1 Å². The van der Waals surface area contributed by atoms with E-state index < -0.39 is 19.0 Å². The molecule has 1 aromatic heterocycles. The van der Waals surface area contributed by atoms with Gasteiger partial charge in [0.15, 0.2) is 0 Å². The average molecular weight is 291 g/mol. The van der Waals surface area contributed by atoms with Crippen LogP contribution >= 0.6 is 0 Å². The number of rotatable bonds is 9. The molecule has 0 saturated carbocycles. The standard InChI is InChI=1S/C12H19F2N3O3/c1-3-20-12(18)9-6-16-17(2)10(9)7-15-4-5-19-8-11(13)14/h6,11,15H,3-5,7-8H2,1-2H3. The van der Waals surface area contributed by atoms with Gasteiger partial charge in [-0.1, -0.05) is 0 Å². The Hall–Kier alpha value is -1.54. The molecule has 20 heavy (non-hydrogen) atoms. The molecule has 1 heterocycles. The second-order valence-electron chi connectivity index (χ2n) is 3.99. The van der Waals surface area contributed by atoms with Gasteiger partial charge in [-0.2, -0.15) is 5.10 Å². The topological polar surface area (TPSA) is 65.4 Å². The minimum absolute atomic E-state index is 0.178. The number of carbonyl (C=O) groups is 1. The highest BCUT2D eigenvalue weighted by atomic mass is 19.3. The number of alkyl halides is 2. The summed E-state index contributed by atoms with van der Waals surface area (Å²) >= 11 is 0. The molecule has 0 saturated heterocycles. The fourth-order valence-corrected chi connectivity index (χ4v) is 1.58. The quantitative estimate of drug-likeness (QED) is 0.542. The summed E-state index contributed by atoms with van der Waals surface area (Å²) in [7, 11) is 1.72. The monoisotopic (exact) mass is 291 g/mol. The zero-order valence-corrected chi connectivity index (χ0v) is 11.6. The van der Waals surface area contributed by atoms with Crippen molar-refractivity contribution in [2.45, 2.75) is 19.9 Å². The lowest BCUT2D eigenvalue weighted by Gasteiger charge is -2.08. The van der Waals surface area contributed by atoms with E-state index in [4.69, 9.17) is 9.47 Å². The first-order valence-electron chi connectivity index (χ1n) is 6.30. The molecule has 0 aliphatic heterocycles. The SMILES string of the molecule is CCOC(=O)c1cnn(C)c1CNCCOCC(F)F. The molecule has 0 bridgehead atoms. The van der Waals surface area contributed by atoms with Crippen LogP contribution in [0.25, 0.3) is 0 Å². The molecule has 0 unspecified atom stereocenters. The number of aromatic nitrogens is 2. The molecule has 0 fully saturated rings. The molecule has 0 aliphatic rings. The molecule has 0 atom stereocenters. The fourth-order valence-electron chi connectivity index (χ4n) is 1.58. The van der Waals surface area contributed by atoms with Gasteiger partial charge in [-0.15, -0.1) is 0 Å². The number of hydrogen-bond donors (Lipinski definition) is 1. The Labute approximate surface area is 116 Å². The van der Waals surface area contributed by atoms with Crippen molar-refractivity contribution in [2.75, 3.05) is 26.4 Å². The Kier molecular flexibility index (Phi) is 7.10. The van der Waals surface area contributed by atoms with Gasteiger partial charge >= 0.3 is 5.97 Å². The van der Waals surface area contributed by atoms with Crippen LogP contribution < -0.4 is 5.32 Å². The van der Waals surface area contributed by atoms with Crippen LogP contribution in [0, 0.1) is 0 Å².